The Morgan fingerprint density at radius 2 is 2.03 bits per heavy atom. The van der Waals surface area contributed by atoms with Crippen LogP contribution in [-0.4, -0.2) is 33.2 Å². The minimum Gasteiger partial charge on any atom is -0.353 e. The summed E-state index contributed by atoms with van der Waals surface area (Å²) in [4.78, 5) is 30.4. The van der Waals surface area contributed by atoms with Gasteiger partial charge in [0.25, 0.3) is 5.91 Å². The van der Waals surface area contributed by atoms with Gasteiger partial charge in [-0.2, -0.15) is 0 Å². The zero-order valence-corrected chi connectivity index (χ0v) is 18.9. The van der Waals surface area contributed by atoms with Crippen LogP contribution in [0.15, 0.2) is 59.3 Å². The predicted molar refractivity (Wildman–Crippen MR) is 125 cm³/mol. The average molecular weight is 455 g/mol. The number of thioether (sulfide) groups is 1. The average Bonchev–Trinajstić information content (AvgIpc) is 3.49. The minimum atomic E-state index is -0.114. The quantitative estimate of drug-likeness (QED) is 0.495. The molecule has 31 heavy (non-hydrogen) atoms. The van der Waals surface area contributed by atoms with Crippen LogP contribution < -0.4 is 10.6 Å². The predicted octanol–water partition coefficient (Wildman–Crippen LogP) is 4.40. The van der Waals surface area contributed by atoms with Gasteiger partial charge in [0.05, 0.1) is 12.3 Å². The van der Waals surface area contributed by atoms with Crippen molar-refractivity contribution in [3.63, 3.8) is 0 Å². The monoisotopic (exact) mass is 454 g/mol. The van der Waals surface area contributed by atoms with Crippen LogP contribution in [-0.2, 0) is 11.3 Å². The van der Waals surface area contributed by atoms with Crippen molar-refractivity contribution < 1.29 is 9.59 Å². The van der Waals surface area contributed by atoms with Crippen molar-refractivity contribution in [1.82, 2.24) is 20.2 Å². The number of hydrogen-bond acceptors (Lipinski definition) is 5. The van der Waals surface area contributed by atoms with E-state index >= 15 is 0 Å². The summed E-state index contributed by atoms with van der Waals surface area (Å²) in [6, 6.07) is 11.7. The molecule has 1 aliphatic carbocycles. The smallest absolute Gasteiger partial charge is 0.251 e. The lowest BCUT2D eigenvalue weighted by molar-refractivity contribution is -0.119. The van der Waals surface area contributed by atoms with Gasteiger partial charge in [0, 0.05) is 34.6 Å². The fraction of sp³-hybridized carbons (Fsp3) is 0.348. The van der Waals surface area contributed by atoms with Gasteiger partial charge >= 0.3 is 0 Å². The van der Waals surface area contributed by atoms with Crippen LogP contribution >= 0.6 is 23.1 Å². The van der Waals surface area contributed by atoms with Crippen molar-refractivity contribution in [2.24, 2.45) is 0 Å². The molecule has 0 aliphatic heterocycles. The number of aromatic nitrogens is 2. The van der Waals surface area contributed by atoms with Crippen LogP contribution in [0.25, 0.3) is 5.69 Å². The van der Waals surface area contributed by atoms with E-state index in [1.54, 1.807) is 23.6 Å². The second kappa shape index (κ2) is 10.6. The molecule has 1 aliphatic rings. The maximum atomic E-state index is 12.6. The number of benzene rings is 1. The lowest BCUT2D eigenvalue weighted by atomic mass is 9.95. The number of imidazole rings is 1. The normalized spacial score (nSPS) is 14.3. The van der Waals surface area contributed by atoms with E-state index in [1.807, 2.05) is 46.5 Å². The molecule has 0 saturated heterocycles. The number of nitrogens with zero attached hydrogens (tertiary/aromatic N) is 2. The van der Waals surface area contributed by atoms with Crippen LogP contribution in [0, 0.1) is 0 Å². The Kier molecular flexibility index (Phi) is 7.43. The highest BCUT2D eigenvalue weighted by Gasteiger charge is 2.17. The number of amides is 2. The number of thiophene rings is 1. The molecule has 1 fully saturated rings. The molecule has 3 aromatic rings. The maximum absolute atomic E-state index is 12.6. The Labute approximate surface area is 190 Å². The molecular weight excluding hydrogens is 428 g/mol. The van der Waals surface area contributed by atoms with Crippen LogP contribution in [0.4, 0.5) is 0 Å². The summed E-state index contributed by atoms with van der Waals surface area (Å²) >= 11 is 3.03. The Hall–Kier alpha value is -2.58. The highest BCUT2D eigenvalue weighted by Crippen LogP contribution is 2.22. The fourth-order valence-corrected chi connectivity index (χ4v) is 5.15. The lowest BCUT2D eigenvalue weighted by Crippen LogP contribution is -2.37. The highest BCUT2D eigenvalue weighted by atomic mass is 32.2. The zero-order valence-electron chi connectivity index (χ0n) is 17.3. The van der Waals surface area contributed by atoms with E-state index in [4.69, 9.17) is 0 Å². The van der Waals surface area contributed by atoms with Gasteiger partial charge in [0.1, 0.15) is 0 Å². The van der Waals surface area contributed by atoms with E-state index in [0.29, 0.717) is 23.9 Å². The Balaban J connectivity index is 1.36. The van der Waals surface area contributed by atoms with Gasteiger partial charge in [-0.15, -0.1) is 11.3 Å². The first kappa shape index (κ1) is 21.6. The van der Waals surface area contributed by atoms with E-state index in [0.717, 1.165) is 28.6 Å². The number of rotatable bonds is 8. The Morgan fingerprint density at radius 3 is 2.84 bits per heavy atom. The molecule has 0 unspecified atom stereocenters. The van der Waals surface area contributed by atoms with Crippen LogP contribution in [0.3, 0.4) is 0 Å². The molecule has 162 valence electrons. The molecule has 6 nitrogen and oxygen atoms in total. The number of hydrogen-bond donors (Lipinski definition) is 2. The molecule has 1 aromatic carbocycles. The summed E-state index contributed by atoms with van der Waals surface area (Å²) in [7, 11) is 0. The van der Waals surface area contributed by atoms with E-state index in [-0.39, 0.29) is 11.8 Å². The van der Waals surface area contributed by atoms with E-state index in [1.165, 1.54) is 31.0 Å². The lowest BCUT2D eigenvalue weighted by Gasteiger charge is -2.22. The van der Waals surface area contributed by atoms with Gasteiger partial charge < -0.3 is 10.6 Å². The molecule has 2 N–H and O–H groups in total. The summed E-state index contributed by atoms with van der Waals surface area (Å²) in [5, 5.41) is 8.82. The van der Waals surface area contributed by atoms with Crippen molar-refractivity contribution in [1.29, 1.82) is 0 Å². The van der Waals surface area contributed by atoms with Crippen LogP contribution in [0.2, 0.25) is 0 Å². The van der Waals surface area contributed by atoms with E-state index in [2.05, 4.69) is 15.6 Å². The zero-order chi connectivity index (χ0) is 21.5. The maximum Gasteiger partial charge on any atom is 0.251 e. The molecule has 0 atom stereocenters. The summed E-state index contributed by atoms with van der Waals surface area (Å²) in [5.74, 6) is 0.263. The molecule has 2 amide bonds. The summed E-state index contributed by atoms with van der Waals surface area (Å²) in [6.45, 7) is 0.517. The van der Waals surface area contributed by atoms with Gasteiger partial charge in [-0.25, -0.2) is 4.98 Å². The molecule has 4 rings (SSSR count). The van der Waals surface area contributed by atoms with Crippen molar-refractivity contribution >= 4 is 34.9 Å². The van der Waals surface area contributed by atoms with Gasteiger partial charge in [0.15, 0.2) is 5.16 Å². The Morgan fingerprint density at radius 1 is 1.16 bits per heavy atom. The van der Waals surface area contributed by atoms with Crippen LogP contribution in [0.5, 0.6) is 0 Å². The SMILES string of the molecule is O=C(CSc1nccn1-c1cccc(C(=O)NCc2cccs2)c1)NC1CCCCC1. The largest absolute Gasteiger partial charge is 0.353 e. The van der Waals surface area contributed by atoms with Gasteiger partial charge in [0.2, 0.25) is 5.91 Å². The third-order valence-electron chi connectivity index (χ3n) is 5.30. The third-order valence-corrected chi connectivity index (χ3v) is 7.14. The first-order valence-electron chi connectivity index (χ1n) is 10.6. The second-order valence-electron chi connectivity index (χ2n) is 7.58. The molecule has 8 heteroatoms. The molecule has 1 saturated carbocycles. The standard InChI is InChI=1S/C23H26N4O2S2/c28-21(26-18-7-2-1-3-8-18)16-31-23-24-11-12-27(23)19-9-4-6-17(14-19)22(29)25-15-20-10-5-13-30-20/h4-6,9-14,18H,1-3,7-8,15-16H2,(H,25,29)(H,26,28). The Bertz CT molecular complexity index is 1010. The topological polar surface area (TPSA) is 76.0 Å². The van der Waals surface area contributed by atoms with E-state index in [9.17, 15) is 9.59 Å². The number of carbonyl (C=O) groups is 2. The summed E-state index contributed by atoms with van der Waals surface area (Å²) < 4.78 is 1.91. The van der Waals surface area contributed by atoms with Crippen molar-refractivity contribution in [2.45, 2.75) is 49.8 Å². The van der Waals surface area contributed by atoms with Crippen LogP contribution in [0.1, 0.15) is 47.3 Å². The second-order valence-corrected chi connectivity index (χ2v) is 9.56. The molecule has 2 heterocycles. The molecule has 2 aromatic heterocycles. The molecule has 0 radical (unpaired) electrons. The fourth-order valence-electron chi connectivity index (χ4n) is 3.72. The third kappa shape index (κ3) is 5.98. The van der Waals surface area contributed by atoms with Crippen molar-refractivity contribution in [2.75, 3.05) is 5.75 Å². The summed E-state index contributed by atoms with van der Waals surface area (Å²) in [6.07, 6.45) is 9.37. The molecule has 0 bridgehead atoms. The number of carbonyl (C=O) groups excluding carboxylic acids is 2. The first-order chi connectivity index (χ1) is 15.2. The van der Waals surface area contributed by atoms with E-state index < -0.39 is 0 Å². The molecular formula is C23H26N4O2S2. The summed E-state index contributed by atoms with van der Waals surface area (Å²) in [5.41, 5.74) is 1.44. The van der Waals surface area contributed by atoms with Gasteiger partial charge in [-0.05, 0) is 42.5 Å². The first-order valence-corrected chi connectivity index (χ1v) is 12.4. The number of nitrogens with one attached hydrogen (secondary N) is 2. The highest BCUT2D eigenvalue weighted by molar-refractivity contribution is 7.99. The van der Waals surface area contributed by atoms with Gasteiger partial charge in [-0.1, -0.05) is 43.2 Å². The molecule has 0 spiro atoms. The van der Waals surface area contributed by atoms with Crippen molar-refractivity contribution in [3.8, 4) is 5.69 Å². The van der Waals surface area contributed by atoms with Gasteiger partial charge in [-0.3, -0.25) is 14.2 Å². The van der Waals surface area contributed by atoms with Crippen molar-refractivity contribution in [3.05, 3.63) is 64.6 Å². The minimum absolute atomic E-state index is 0.0492.